The van der Waals surface area contributed by atoms with E-state index in [9.17, 15) is 0 Å². The van der Waals surface area contributed by atoms with E-state index in [1.165, 1.54) is 33.9 Å². The number of nitrogens with zero attached hydrogens (tertiary/aromatic N) is 1. The van der Waals surface area contributed by atoms with Crippen molar-refractivity contribution in [3.05, 3.63) is 63.7 Å². The van der Waals surface area contributed by atoms with E-state index in [-0.39, 0.29) is 5.41 Å². The highest BCUT2D eigenvalue weighted by molar-refractivity contribution is 7.99. The predicted octanol–water partition coefficient (Wildman–Crippen LogP) is 5.80. The predicted molar refractivity (Wildman–Crippen MR) is 137 cm³/mol. The van der Waals surface area contributed by atoms with E-state index < -0.39 is 0 Å². The summed E-state index contributed by atoms with van der Waals surface area (Å²) in [4.78, 5) is 5.13. The van der Waals surface area contributed by atoms with Crippen LogP contribution >= 0.6 is 23.4 Å². The third-order valence-corrected chi connectivity index (χ3v) is 7.84. The average Bonchev–Trinajstić information content (AvgIpc) is 2.80. The average molecular weight is 473 g/mol. The molecule has 2 aromatic rings. The number of rotatable bonds is 8. The van der Waals surface area contributed by atoms with Crippen molar-refractivity contribution < 1.29 is 9.47 Å². The number of benzene rings is 2. The second-order valence-electron chi connectivity index (χ2n) is 8.75. The van der Waals surface area contributed by atoms with Crippen molar-refractivity contribution in [2.24, 2.45) is 10.4 Å². The molecular weight excluding hydrogens is 440 g/mol. The minimum absolute atomic E-state index is 0.101. The molecule has 2 aromatic carbocycles. The lowest BCUT2D eigenvalue weighted by molar-refractivity contribution is 0.198. The molecule has 0 aromatic heterocycles. The third kappa shape index (κ3) is 5.51. The van der Waals surface area contributed by atoms with Gasteiger partial charge in [0.25, 0.3) is 0 Å². The van der Waals surface area contributed by atoms with Crippen LogP contribution in [0.15, 0.2) is 41.4 Å². The second kappa shape index (κ2) is 11.1. The maximum atomic E-state index is 6.20. The number of aliphatic imine (C=N–C) groups is 1. The van der Waals surface area contributed by atoms with Crippen LogP contribution in [0.25, 0.3) is 0 Å². The van der Waals surface area contributed by atoms with Crippen molar-refractivity contribution in [1.82, 2.24) is 0 Å². The number of amidine groups is 1. The van der Waals surface area contributed by atoms with Crippen LogP contribution in [0, 0.1) is 5.41 Å². The zero-order valence-corrected chi connectivity index (χ0v) is 20.7. The molecule has 2 heterocycles. The Bertz CT molecular complexity index is 957. The number of methoxy groups -OCH3 is 2. The molecule has 4 nitrogen and oxygen atoms in total. The summed E-state index contributed by atoms with van der Waals surface area (Å²) in [5, 5.41) is 4.54. The van der Waals surface area contributed by atoms with Gasteiger partial charge >= 0.3 is 0 Å². The van der Waals surface area contributed by atoms with Crippen LogP contribution in [0.4, 0.5) is 5.69 Å². The Morgan fingerprint density at radius 2 is 1.75 bits per heavy atom. The summed E-state index contributed by atoms with van der Waals surface area (Å²) in [7, 11) is 3.53. The molecule has 0 amide bonds. The first-order valence-corrected chi connectivity index (χ1v) is 12.9. The van der Waals surface area contributed by atoms with Gasteiger partial charge in [-0.3, -0.25) is 4.99 Å². The highest BCUT2D eigenvalue weighted by Gasteiger charge is 2.41. The summed E-state index contributed by atoms with van der Waals surface area (Å²) in [5.41, 5.74) is 6.57. The molecule has 2 aliphatic heterocycles. The van der Waals surface area contributed by atoms with Gasteiger partial charge < -0.3 is 14.8 Å². The number of fused-ring (bicyclic) bond motifs is 1. The Labute approximate surface area is 201 Å². The van der Waals surface area contributed by atoms with E-state index in [1.54, 1.807) is 14.2 Å². The molecule has 2 aliphatic rings. The van der Waals surface area contributed by atoms with E-state index in [0.717, 1.165) is 61.7 Å². The Kier molecular flexibility index (Phi) is 8.17. The van der Waals surface area contributed by atoms with Gasteiger partial charge in [-0.05, 0) is 84.1 Å². The van der Waals surface area contributed by atoms with Crippen LogP contribution in [0.1, 0.15) is 35.1 Å². The van der Waals surface area contributed by atoms with Gasteiger partial charge in [0.1, 0.15) is 5.84 Å². The summed E-state index contributed by atoms with van der Waals surface area (Å²) < 4.78 is 10.7. The van der Waals surface area contributed by atoms with Gasteiger partial charge in [0.05, 0.1) is 19.8 Å². The Morgan fingerprint density at radius 3 is 2.44 bits per heavy atom. The molecule has 6 heteroatoms. The Morgan fingerprint density at radius 1 is 1.03 bits per heavy atom. The number of hydrogen-bond donors (Lipinski definition) is 1. The maximum Gasteiger partial charge on any atom is 0.108 e. The van der Waals surface area contributed by atoms with Gasteiger partial charge in [-0.1, -0.05) is 29.8 Å². The van der Waals surface area contributed by atoms with E-state index in [1.807, 2.05) is 18.2 Å². The van der Waals surface area contributed by atoms with Gasteiger partial charge in [-0.25, -0.2) is 0 Å². The number of anilines is 1. The fourth-order valence-electron chi connectivity index (χ4n) is 4.79. The molecule has 1 N–H and O–H groups in total. The van der Waals surface area contributed by atoms with E-state index in [0.29, 0.717) is 6.54 Å². The smallest absolute Gasteiger partial charge is 0.108 e. The molecule has 32 heavy (non-hydrogen) atoms. The lowest BCUT2D eigenvalue weighted by Gasteiger charge is -2.43. The molecule has 4 rings (SSSR count). The van der Waals surface area contributed by atoms with Crippen LogP contribution in [-0.2, 0) is 35.3 Å². The molecule has 0 radical (unpaired) electrons. The van der Waals surface area contributed by atoms with E-state index in [4.69, 9.17) is 26.1 Å². The minimum Gasteiger partial charge on any atom is -0.384 e. The number of thioether (sulfide) groups is 1. The standard InChI is InChI=1S/C26H33ClN2O2S/c1-30-10-6-20-15-22-17-26(8-12-32-13-9-26)25(28-18-19-4-3-5-23(27)14-19)29-24(22)16-21(20)7-11-31-2/h3-5,14-16H,6-13,17-18H2,1-2H3,(H,28,29). The monoisotopic (exact) mass is 472 g/mol. The van der Waals surface area contributed by atoms with Crippen molar-refractivity contribution in [3.63, 3.8) is 0 Å². The van der Waals surface area contributed by atoms with Crippen molar-refractivity contribution >= 4 is 34.9 Å². The summed E-state index contributed by atoms with van der Waals surface area (Å²) >= 11 is 8.26. The molecule has 1 spiro atoms. The van der Waals surface area contributed by atoms with Crippen LogP contribution in [0.5, 0.6) is 0 Å². The highest BCUT2D eigenvalue weighted by Crippen LogP contribution is 2.45. The Hall–Kier alpha value is -1.53. The quantitative estimate of drug-likeness (QED) is 0.527. The number of ether oxygens (including phenoxy) is 2. The lowest BCUT2D eigenvalue weighted by atomic mass is 9.72. The maximum absolute atomic E-state index is 6.20. The van der Waals surface area contributed by atoms with Crippen LogP contribution in [0.2, 0.25) is 5.02 Å². The number of hydrogen-bond acceptors (Lipinski definition) is 4. The molecule has 0 bridgehead atoms. The van der Waals surface area contributed by atoms with Crippen molar-refractivity contribution in [2.75, 3.05) is 44.3 Å². The lowest BCUT2D eigenvalue weighted by Crippen LogP contribution is -2.44. The first-order valence-electron chi connectivity index (χ1n) is 11.4. The molecule has 0 saturated carbocycles. The zero-order valence-electron chi connectivity index (χ0n) is 19.1. The number of halogens is 1. The first-order chi connectivity index (χ1) is 15.6. The third-order valence-electron chi connectivity index (χ3n) is 6.62. The van der Waals surface area contributed by atoms with E-state index >= 15 is 0 Å². The van der Waals surface area contributed by atoms with Crippen LogP contribution in [-0.4, -0.2) is 44.8 Å². The summed E-state index contributed by atoms with van der Waals surface area (Å²) in [5.74, 6) is 3.53. The summed E-state index contributed by atoms with van der Waals surface area (Å²) in [6.45, 7) is 2.10. The van der Waals surface area contributed by atoms with Gasteiger partial charge in [0.15, 0.2) is 0 Å². The molecule has 1 saturated heterocycles. The highest BCUT2D eigenvalue weighted by atomic mass is 35.5. The van der Waals surface area contributed by atoms with E-state index in [2.05, 4.69) is 35.3 Å². The second-order valence-corrected chi connectivity index (χ2v) is 10.4. The van der Waals surface area contributed by atoms with Gasteiger partial charge in [0.2, 0.25) is 0 Å². The Balaban J connectivity index is 1.67. The zero-order chi connectivity index (χ0) is 22.4. The van der Waals surface area contributed by atoms with Crippen molar-refractivity contribution in [3.8, 4) is 0 Å². The number of nitrogens with one attached hydrogen (secondary N) is 1. The molecule has 1 fully saturated rings. The van der Waals surface area contributed by atoms with Crippen molar-refractivity contribution in [1.29, 1.82) is 0 Å². The topological polar surface area (TPSA) is 42.9 Å². The molecule has 172 valence electrons. The molecule has 0 aliphatic carbocycles. The fourth-order valence-corrected chi connectivity index (χ4v) is 6.28. The first kappa shape index (κ1) is 23.6. The fraction of sp³-hybridized carbons (Fsp3) is 0.500. The van der Waals surface area contributed by atoms with Crippen LogP contribution in [0.3, 0.4) is 0 Å². The largest absolute Gasteiger partial charge is 0.384 e. The minimum atomic E-state index is 0.101. The van der Waals surface area contributed by atoms with Gasteiger partial charge in [-0.2, -0.15) is 11.8 Å². The normalized spacial score (nSPS) is 18.5. The molecule has 0 atom stereocenters. The van der Waals surface area contributed by atoms with Gasteiger partial charge in [-0.15, -0.1) is 0 Å². The molecular formula is C26H33ClN2O2S. The van der Waals surface area contributed by atoms with Gasteiger partial charge in [0, 0.05) is 30.3 Å². The van der Waals surface area contributed by atoms with Crippen molar-refractivity contribution in [2.45, 2.75) is 38.6 Å². The SMILES string of the molecule is COCCc1cc2c(cc1CCOC)NC(=NCc1cccc(Cl)c1)C1(CCSCC1)C2. The van der Waals surface area contributed by atoms with Crippen LogP contribution < -0.4 is 5.32 Å². The summed E-state index contributed by atoms with van der Waals surface area (Å²) in [6.07, 6.45) is 5.21. The summed E-state index contributed by atoms with van der Waals surface area (Å²) in [6, 6.07) is 12.7. The molecule has 0 unspecified atom stereocenters.